The molecule has 8 heteroatoms. The Bertz CT molecular complexity index is 970. The molecular formula is C21H28N6OS. The molecule has 0 saturated heterocycles. The Hall–Kier alpha value is -2.32. The third kappa shape index (κ3) is 4.48. The average Bonchev–Trinajstić information content (AvgIpc) is 3.09. The van der Waals surface area contributed by atoms with Crippen LogP contribution in [-0.4, -0.2) is 25.4 Å². The van der Waals surface area contributed by atoms with Crippen LogP contribution in [0.4, 0.5) is 5.82 Å². The minimum Gasteiger partial charge on any atom is -0.366 e. The number of allylic oxidation sites excluding steroid dienone is 1. The Balaban J connectivity index is 1.59. The van der Waals surface area contributed by atoms with Crippen LogP contribution >= 0.6 is 0 Å². The van der Waals surface area contributed by atoms with Crippen LogP contribution < -0.4 is 16.2 Å². The van der Waals surface area contributed by atoms with Crippen molar-refractivity contribution >= 4 is 16.6 Å². The Morgan fingerprint density at radius 3 is 2.76 bits per heavy atom. The molecule has 2 aromatic rings. The number of aromatic nitrogens is 3. The summed E-state index contributed by atoms with van der Waals surface area (Å²) in [6, 6.07) is 4.07. The van der Waals surface area contributed by atoms with Gasteiger partial charge in [-0.05, 0) is 54.9 Å². The summed E-state index contributed by atoms with van der Waals surface area (Å²) in [7, 11) is -1.16. The zero-order valence-electron chi connectivity index (χ0n) is 17.4. The molecule has 154 valence electrons. The van der Waals surface area contributed by atoms with Gasteiger partial charge >= 0.3 is 0 Å². The van der Waals surface area contributed by atoms with Crippen LogP contribution in [0, 0.1) is 12.3 Å². The zero-order chi connectivity index (χ0) is 20.6. The van der Waals surface area contributed by atoms with Gasteiger partial charge in [0.1, 0.15) is 16.7 Å². The molecule has 0 radical (unpaired) electrons. The van der Waals surface area contributed by atoms with E-state index in [0.717, 1.165) is 29.8 Å². The third-order valence-electron chi connectivity index (χ3n) is 5.59. The number of rotatable bonds is 5. The molecule has 0 bridgehead atoms. The van der Waals surface area contributed by atoms with Crippen molar-refractivity contribution in [3.8, 4) is 0 Å². The maximum Gasteiger partial charge on any atom is 0.129 e. The Morgan fingerprint density at radius 2 is 2.03 bits per heavy atom. The van der Waals surface area contributed by atoms with Crippen molar-refractivity contribution in [1.82, 2.24) is 25.8 Å². The van der Waals surface area contributed by atoms with Gasteiger partial charge in [0.2, 0.25) is 0 Å². The smallest absolute Gasteiger partial charge is 0.129 e. The molecule has 3 heterocycles. The summed E-state index contributed by atoms with van der Waals surface area (Å²) in [6.45, 7) is 7.05. The van der Waals surface area contributed by atoms with Gasteiger partial charge in [-0.2, -0.15) is 0 Å². The van der Waals surface area contributed by atoms with Gasteiger partial charge in [0, 0.05) is 36.5 Å². The maximum absolute atomic E-state index is 12.2. The number of hydrogen-bond donors (Lipinski definition) is 3. The summed E-state index contributed by atoms with van der Waals surface area (Å²) < 4.78 is 12.2. The largest absolute Gasteiger partial charge is 0.366 e. The molecule has 0 aromatic carbocycles. The number of aryl methyl sites for hydroxylation is 1. The number of hydrazine groups is 1. The molecule has 3 N–H and O–H groups in total. The fourth-order valence-corrected chi connectivity index (χ4v) is 4.44. The maximum atomic E-state index is 12.2. The fourth-order valence-electron chi connectivity index (χ4n) is 3.91. The number of nitrogens with one attached hydrogen (secondary N) is 3. The quantitative estimate of drug-likeness (QED) is 0.695. The van der Waals surface area contributed by atoms with Crippen molar-refractivity contribution in [2.75, 3.05) is 11.6 Å². The molecule has 7 nitrogen and oxygen atoms in total. The second-order valence-corrected chi connectivity index (χ2v) is 9.94. The molecule has 2 unspecified atom stereocenters. The number of hydrogen-bond acceptors (Lipinski definition) is 7. The first-order valence-electron chi connectivity index (χ1n) is 9.91. The van der Waals surface area contributed by atoms with E-state index in [1.165, 1.54) is 17.7 Å². The van der Waals surface area contributed by atoms with Gasteiger partial charge in [-0.3, -0.25) is 4.21 Å². The van der Waals surface area contributed by atoms with Crippen molar-refractivity contribution in [2.24, 2.45) is 5.41 Å². The first-order chi connectivity index (χ1) is 13.8. The highest BCUT2D eigenvalue weighted by atomic mass is 32.2. The number of pyridine rings is 1. The van der Waals surface area contributed by atoms with E-state index in [-0.39, 0.29) is 6.04 Å². The van der Waals surface area contributed by atoms with E-state index in [9.17, 15) is 4.21 Å². The summed E-state index contributed by atoms with van der Waals surface area (Å²) in [5, 5.41) is 3.92. The SMILES string of the molecule is Cc1ncc(CNc2cc(C3NNC4=C3CCC(C)(C)C4)cc(S(C)=O)n2)cn1. The van der Waals surface area contributed by atoms with Gasteiger partial charge in [-0.15, -0.1) is 0 Å². The van der Waals surface area contributed by atoms with Crippen molar-refractivity contribution in [2.45, 2.75) is 57.6 Å². The lowest BCUT2D eigenvalue weighted by molar-refractivity contribution is 0.309. The lowest BCUT2D eigenvalue weighted by atomic mass is 9.75. The lowest BCUT2D eigenvalue weighted by Crippen LogP contribution is -2.28. The number of anilines is 1. The Labute approximate surface area is 174 Å². The molecular weight excluding hydrogens is 384 g/mol. The molecule has 29 heavy (non-hydrogen) atoms. The number of nitrogens with zero attached hydrogens (tertiary/aromatic N) is 3. The summed E-state index contributed by atoms with van der Waals surface area (Å²) >= 11 is 0. The highest BCUT2D eigenvalue weighted by Gasteiger charge is 2.35. The van der Waals surface area contributed by atoms with Crippen LogP contribution in [0.3, 0.4) is 0 Å². The summed E-state index contributed by atoms with van der Waals surface area (Å²) in [4.78, 5) is 13.0. The van der Waals surface area contributed by atoms with E-state index in [4.69, 9.17) is 0 Å². The minimum atomic E-state index is -1.16. The summed E-state index contributed by atoms with van der Waals surface area (Å²) in [5.74, 6) is 1.46. The van der Waals surface area contributed by atoms with Crippen LogP contribution in [0.2, 0.25) is 0 Å². The predicted octanol–water partition coefficient (Wildman–Crippen LogP) is 3.14. The van der Waals surface area contributed by atoms with Gasteiger partial charge in [0.15, 0.2) is 0 Å². The van der Waals surface area contributed by atoms with Crippen molar-refractivity contribution in [3.05, 3.63) is 52.7 Å². The molecule has 2 atom stereocenters. The van der Waals surface area contributed by atoms with Crippen LogP contribution in [-0.2, 0) is 17.3 Å². The van der Waals surface area contributed by atoms with E-state index in [1.807, 2.05) is 19.1 Å². The molecule has 0 fully saturated rings. The van der Waals surface area contributed by atoms with Crippen LogP contribution in [0.15, 0.2) is 40.8 Å². The zero-order valence-corrected chi connectivity index (χ0v) is 18.2. The second kappa shape index (κ2) is 7.84. The molecule has 4 rings (SSSR count). The van der Waals surface area contributed by atoms with Gasteiger partial charge < -0.3 is 10.7 Å². The highest BCUT2D eigenvalue weighted by Crippen LogP contribution is 2.44. The van der Waals surface area contributed by atoms with Gasteiger partial charge in [0.05, 0.1) is 16.8 Å². The first kappa shape index (κ1) is 20.0. The minimum absolute atomic E-state index is 0.0784. The van der Waals surface area contributed by atoms with Crippen molar-refractivity contribution < 1.29 is 4.21 Å². The van der Waals surface area contributed by atoms with E-state index >= 15 is 0 Å². The van der Waals surface area contributed by atoms with Gasteiger partial charge in [0.25, 0.3) is 0 Å². The summed E-state index contributed by atoms with van der Waals surface area (Å²) in [5.41, 5.74) is 11.9. The van der Waals surface area contributed by atoms with Crippen molar-refractivity contribution in [3.63, 3.8) is 0 Å². The molecule has 2 aromatic heterocycles. The van der Waals surface area contributed by atoms with Gasteiger partial charge in [-0.1, -0.05) is 13.8 Å². The van der Waals surface area contributed by atoms with E-state index in [0.29, 0.717) is 22.8 Å². The molecule has 1 aliphatic carbocycles. The molecule has 0 saturated carbocycles. The fraction of sp³-hybridized carbons (Fsp3) is 0.476. The topological polar surface area (TPSA) is 91.8 Å². The Morgan fingerprint density at radius 1 is 1.28 bits per heavy atom. The molecule has 0 spiro atoms. The average molecular weight is 413 g/mol. The molecule has 0 amide bonds. The van der Waals surface area contributed by atoms with Crippen molar-refractivity contribution in [1.29, 1.82) is 0 Å². The van der Waals surface area contributed by atoms with Crippen LogP contribution in [0.1, 0.15) is 56.1 Å². The third-order valence-corrected chi connectivity index (χ3v) is 6.39. The molecule has 1 aliphatic heterocycles. The molecule has 2 aliphatic rings. The van der Waals surface area contributed by atoms with E-state index in [1.54, 1.807) is 18.6 Å². The normalized spacial score (nSPS) is 21.4. The van der Waals surface area contributed by atoms with Crippen LogP contribution in [0.5, 0.6) is 0 Å². The van der Waals surface area contributed by atoms with E-state index < -0.39 is 10.8 Å². The lowest BCUT2D eigenvalue weighted by Gasteiger charge is -2.31. The van der Waals surface area contributed by atoms with Crippen LogP contribution in [0.25, 0.3) is 0 Å². The summed E-state index contributed by atoms with van der Waals surface area (Å²) in [6.07, 6.45) is 8.55. The second-order valence-electron chi connectivity index (χ2n) is 8.62. The monoisotopic (exact) mass is 412 g/mol. The Kier molecular flexibility index (Phi) is 5.40. The highest BCUT2D eigenvalue weighted by molar-refractivity contribution is 7.84. The van der Waals surface area contributed by atoms with Gasteiger partial charge in [-0.25, -0.2) is 20.4 Å². The standard InChI is InChI=1S/C21H28N6OS/c1-13-22-10-14(11-23-13)12-24-18-7-15(8-19(25-18)29(4)28)20-16-5-6-21(2,3)9-17(16)26-27-20/h7-8,10-11,20,26-27H,5-6,9,12H2,1-4H3,(H,24,25). The first-order valence-corrected chi connectivity index (χ1v) is 11.5. The van der Waals surface area contributed by atoms with E-state index in [2.05, 4.69) is 45.0 Å². The predicted molar refractivity (Wildman–Crippen MR) is 114 cm³/mol.